The Morgan fingerprint density at radius 1 is 1.39 bits per heavy atom. The van der Waals surface area contributed by atoms with Crippen LogP contribution in [0.3, 0.4) is 0 Å². The molecule has 1 saturated heterocycles. The number of carbonyl (C=O) groups excluding carboxylic acids is 2. The number of likely N-dealkylation sites (tertiary alicyclic amines) is 1. The molecule has 0 bridgehead atoms. The van der Waals surface area contributed by atoms with Gasteiger partial charge in [-0.15, -0.1) is 11.3 Å². The molecule has 1 unspecified atom stereocenters. The third-order valence-corrected chi connectivity index (χ3v) is 5.33. The van der Waals surface area contributed by atoms with E-state index >= 15 is 0 Å². The molecule has 2 N–H and O–H groups in total. The van der Waals surface area contributed by atoms with Crippen LogP contribution in [0, 0.1) is 5.92 Å². The Morgan fingerprint density at radius 2 is 2.13 bits per heavy atom. The van der Waals surface area contributed by atoms with E-state index in [1.165, 1.54) is 16.7 Å². The maximum atomic E-state index is 12.2. The summed E-state index contributed by atoms with van der Waals surface area (Å²) >= 11 is 1.20. The monoisotopic (exact) mass is 337 g/mol. The van der Waals surface area contributed by atoms with Crippen molar-refractivity contribution >= 4 is 29.1 Å². The van der Waals surface area contributed by atoms with Crippen molar-refractivity contribution in [3.05, 3.63) is 16.1 Å². The summed E-state index contributed by atoms with van der Waals surface area (Å²) < 4.78 is 0. The molecule has 1 saturated carbocycles. The van der Waals surface area contributed by atoms with Gasteiger partial charge in [0.05, 0.1) is 12.5 Å². The largest absolute Gasteiger partial charge is 0.476 e. The minimum Gasteiger partial charge on any atom is -0.476 e. The Bertz CT molecular complexity index is 624. The lowest BCUT2D eigenvalue weighted by Gasteiger charge is -2.23. The van der Waals surface area contributed by atoms with E-state index in [0.717, 1.165) is 25.7 Å². The summed E-state index contributed by atoms with van der Waals surface area (Å²) in [5, 5.41) is 13.6. The van der Waals surface area contributed by atoms with Gasteiger partial charge in [-0.3, -0.25) is 9.59 Å². The van der Waals surface area contributed by atoms with Gasteiger partial charge < -0.3 is 15.3 Å². The number of nitrogens with one attached hydrogen (secondary N) is 1. The first-order chi connectivity index (χ1) is 11.0. The first kappa shape index (κ1) is 15.9. The van der Waals surface area contributed by atoms with E-state index < -0.39 is 5.97 Å². The Kier molecular flexibility index (Phi) is 4.61. The average Bonchev–Trinajstić information content (AvgIpc) is 3.24. The molecule has 124 valence electrons. The van der Waals surface area contributed by atoms with Gasteiger partial charge in [0, 0.05) is 24.4 Å². The van der Waals surface area contributed by atoms with Gasteiger partial charge in [0.15, 0.2) is 5.69 Å². The van der Waals surface area contributed by atoms with Crippen LogP contribution in [-0.4, -0.2) is 45.4 Å². The summed E-state index contributed by atoms with van der Waals surface area (Å²) in [6, 6.07) is 0.303. The standard InChI is InChI=1S/C15H19N3O4S/c19-13-5-9(7-18(13)10-3-1-2-4-10)14(20)16-6-12-17-11(8-23-12)15(21)22/h8-10H,1-7H2,(H,16,20)(H,21,22). The molecule has 2 amide bonds. The first-order valence-corrected chi connectivity index (χ1v) is 8.67. The normalized spacial score (nSPS) is 21.8. The summed E-state index contributed by atoms with van der Waals surface area (Å²) in [4.78, 5) is 40.9. The molecule has 1 aromatic rings. The smallest absolute Gasteiger partial charge is 0.355 e. The SMILES string of the molecule is O=C(O)c1csc(CNC(=O)C2CC(=O)N(C3CCCC3)C2)n1. The molecule has 2 aliphatic rings. The number of amides is 2. The van der Waals surface area contributed by atoms with Crippen molar-refractivity contribution in [3.8, 4) is 0 Å². The molecule has 1 aliphatic carbocycles. The van der Waals surface area contributed by atoms with Gasteiger partial charge in [-0.1, -0.05) is 12.8 Å². The molecule has 3 rings (SSSR count). The van der Waals surface area contributed by atoms with Gasteiger partial charge in [0.2, 0.25) is 11.8 Å². The van der Waals surface area contributed by atoms with E-state index in [1.807, 2.05) is 4.90 Å². The van der Waals surface area contributed by atoms with Gasteiger partial charge in [0.25, 0.3) is 0 Å². The third kappa shape index (κ3) is 3.52. The van der Waals surface area contributed by atoms with Crippen LogP contribution < -0.4 is 5.32 Å². The highest BCUT2D eigenvalue weighted by atomic mass is 32.1. The van der Waals surface area contributed by atoms with Crippen LogP contribution in [0.2, 0.25) is 0 Å². The molecule has 1 aliphatic heterocycles. The summed E-state index contributed by atoms with van der Waals surface area (Å²) in [7, 11) is 0. The number of carboxylic acids is 1. The Hall–Kier alpha value is -1.96. The number of rotatable bonds is 5. The molecular weight excluding hydrogens is 318 g/mol. The van der Waals surface area contributed by atoms with Crippen LogP contribution in [0.1, 0.15) is 47.6 Å². The van der Waals surface area contributed by atoms with E-state index in [4.69, 9.17) is 5.11 Å². The van der Waals surface area contributed by atoms with Gasteiger partial charge in [-0.05, 0) is 12.8 Å². The first-order valence-electron chi connectivity index (χ1n) is 7.79. The van der Waals surface area contributed by atoms with Crippen LogP contribution in [-0.2, 0) is 16.1 Å². The number of thiazole rings is 1. The second-order valence-electron chi connectivity index (χ2n) is 6.03. The lowest BCUT2D eigenvalue weighted by atomic mass is 10.1. The lowest BCUT2D eigenvalue weighted by molar-refractivity contribution is -0.130. The van der Waals surface area contributed by atoms with Crippen LogP contribution in [0.15, 0.2) is 5.38 Å². The van der Waals surface area contributed by atoms with Crippen molar-refractivity contribution in [3.63, 3.8) is 0 Å². The minimum atomic E-state index is -1.08. The summed E-state index contributed by atoms with van der Waals surface area (Å²) in [6.45, 7) is 0.693. The number of carboxylic acid groups (broad SMARTS) is 1. The number of aromatic nitrogens is 1. The fourth-order valence-electron chi connectivity index (χ4n) is 3.27. The van der Waals surface area contributed by atoms with Crippen molar-refractivity contribution in [2.75, 3.05) is 6.54 Å². The van der Waals surface area contributed by atoms with Crippen LogP contribution >= 0.6 is 11.3 Å². The zero-order valence-electron chi connectivity index (χ0n) is 12.7. The molecule has 1 atom stereocenters. The third-order valence-electron chi connectivity index (χ3n) is 4.48. The van der Waals surface area contributed by atoms with E-state index in [0.29, 0.717) is 17.6 Å². The maximum Gasteiger partial charge on any atom is 0.355 e. The van der Waals surface area contributed by atoms with Crippen LogP contribution in [0.5, 0.6) is 0 Å². The predicted octanol–water partition coefficient (Wildman–Crippen LogP) is 1.25. The molecule has 1 aromatic heterocycles. The molecule has 0 radical (unpaired) electrons. The Labute approximate surface area is 137 Å². The second kappa shape index (κ2) is 6.66. The summed E-state index contributed by atoms with van der Waals surface area (Å²) in [5.41, 5.74) is -0.0114. The zero-order valence-corrected chi connectivity index (χ0v) is 13.5. The van der Waals surface area contributed by atoms with Crippen molar-refractivity contribution in [1.82, 2.24) is 15.2 Å². The highest BCUT2D eigenvalue weighted by Crippen LogP contribution is 2.29. The van der Waals surface area contributed by atoms with Crippen LogP contribution in [0.4, 0.5) is 0 Å². The number of hydrogen-bond acceptors (Lipinski definition) is 5. The maximum absolute atomic E-state index is 12.2. The van der Waals surface area contributed by atoms with Crippen molar-refractivity contribution < 1.29 is 19.5 Å². The number of carbonyl (C=O) groups is 3. The fraction of sp³-hybridized carbons (Fsp3) is 0.600. The van der Waals surface area contributed by atoms with Gasteiger partial charge in [0.1, 0.15) is 5.01 Å². The van der Waals surface area contributed by atoms with Crippen molar-refractivity contribution in [2.45, 2.75) is 44.7 Å². The highest BCUT2D eigenvalue weighted by Gasteiger charge is 2.38. The second-order valence-corrected chi connectivity index (χ2v) is 6.98. The Balaban J connectivity index is 1.52. The molecule has 2 heterocycles. The fourth-order valence-corrected chi connectivity index (χ4v) is 3.98. The summed E-state index contributed by atoms with van der Waals surface area (Å²) in [5.74, 6) is -1.49. The van der Waals surface area contributed by atoms with E-state index in [2.05, 4.69) is 10.3 Å². The van der Waals surface area contributed by atoms with E-state index in [1.54, 1.807) is 0 Å². The molecule has 2 fully saturated rings. The number of hydrogen-bond donors (Lipinski definition) is 2. The molecule has 8 heteroatoms. The zero-order chi connectivity index (χ0) is 16.4. The van der Waals surface area contributed by atoms with Crippen molar-refractivity contribution in [2.24, 2.45) is 5.92 Å². The topological polar surface area (TPSA) is 99.6 Å². The average molecular weight is 337 g/mol. The predicted molar refractivity (Wildman–Crippen MR) is 83.0 cm³/mol. The molecule has 23 heavy (non-hydrogen) atoms. The molecule has 7 nitrogen and oxygen atoms in total. The number of nitrogens with zero attached hydrogens (tertiary/aromatic N) is 2. The lowest BCUT2D eigenvalue weighted by Crippen LogP contribution is -2.36. The molecule has 0 aromatic carbocycles. The summed E-state index contributed by atoms with van der Waals surface area (Å²) in [6.07, 6.45) is 4.65. The van der Waals surface area contributed by atoms with Gasteiger partial charge in [-0.2, -0.15) is 0 Å². The van der Waals surface area contributed by atoms with Gasteiger partial charge >= 0.3 is 5.97 Å². The molecule has 0 spiro atoms. The Morgan fingerprint density at radius 3 is 2.78 bits per heavy atom. The highest BCUT2D eigenvalue weighted by molar-refractivity contribution is 7.09. The quantitative estimate of drug-likeness (QED) is 0.842. The van der Waals surface area contributed by atoms with Crippen molar-refractivity contribution in [1.29, 1.82) is 0 Å². The number of aromatic carboxylic acids is 1. The van der Waals surface area contributed by atoms with E-state index in [-0.39, 0.29) is 36.4 Å². The van der Waals surface area contributed by atoms with Gasteiger partial charge in [-0.25, -0.2) is 9.78 Å². The van der Waals surface area contributed by atoms with E-state index in [9.17, 15) is 14.4 Å². The van der Waals surface area contributed by atoms with Crippen LogP contribution in [0.25, 0.3) is 0 Å². The minimum absolute atomic E-state index is 0.0114. The molecular formula is C15H19N3O4S.